The lowest BCUT2D eigenvalue weighted by Crippen LogP contribution is -2.25. The highest BCUT2D eigenvalue weighted by Crippen LogP contribution is 2.17. The molecule has 4 heteroatoms. The maximum atomic E-state index is 13.5. The number of hydrogen-bond donors (Lipinski definition) is 1. The Hall–Kier alpha value is -0.640. The highest BCUT2D eigenvalue weighted by atomic mass is 35.5. The predicted octanol–water partition coefficient (Wildman–Crippen LogP) is 3.16. The van der Waals surface area contributed by atoms with E-state index in [0.717, 1.165) is 12.8 Å². The van der Waals surface area contributed by atoms with Crippen LogP contribution in [0.2, 0.25) is 5.02 Å². The molecule has 17 heavy (non-hydrogen) atoms. The highest BCUT2D eigenvalue weighted by Gasteiger charge is 2.10. The molecular weight excluding hydrogens is 241 g/mol. The van der Waals surface area contributed by atoms with E-state index in [1.54, 1.807) is 19.2 Å². The Morgan fingerprint density at radius 1 is 1.41 bits per heavy atom. The molecule has 0 aliphatic carbocycles. The van der Waals surface area contributed by atoms with Crippen LogP contribution in [0.3, 0.4) is 0 Å². The van der Waals surface area contributed by atoms with E-state index in [-0.39, 0.29) is 18.0 Å². The van der Waals surface area contributed by atoms with E-state index >= 15 is 0 Å². The topological polar surface area (TPSA) is 35.2 Å². The molecule has 1 rings (SSSR count). The molecule has 0 radical (unpaired) electrons. The van der Waals surface area contributed by atoms with Gasteiger partial charge in [-0.25, -0.2) is 4.39 Å². The van der Waals surface area contributed by atoms with Crippen LogP contribution < -0.4 is 5.73 Å². The first kappa shape index (κ1) is 14.4. The molecule has 2 atom stereocenters. The third-order valence-electron chi connectivity index (χ3n) is 2.84. The van der Waals surface area contributed by atoms with Gasteiger partial charge in [-0.2, -0.15) is 0 Å². The molecule has 0 aromatic heterocycles. The zero-order chi connectivity index (χ0) is 12.8. The van der Waals surface area contributed by atoms with Crippen LogP contribution in [0.4, 0.5) is 4.39 Å². The zero-order valence-electron chi connectivity index (χ0n) is 10.2. The standard InChI is InChI=1S/C13H19ClFNO/c1-9(17-2)3-5-12(16)8-10-7-11(14)4-6-13(10)15/h4,6-7,9,12H,3,5,8,16H2,1-2H3. The molecule has 2 nitrogen and oxygen atoms in total. The smallest absolute Gasteiger partial charge is 0.126 e. The Balaban J connectivity index is 2.50. The van der Waals surface area contributed by atoms with E-state index < -0.39 is 0 Å². The maximum absolute atomic E-state index is 13.5. The van der Waals surface area contributed by atoms with Gasteiger partial charge in [0.2, 0.25) is 0 Å². The van der Waals surface area contributed by atoms with E-state index in [0.29, 0.717) is 17.0 Å². The second kappa shape index (κ2) is 6.94. The highest BCUT2D eigenvalue weighted by molar-refractivity contribution is 6.30. The molecule has 0 spiro atoms. The molecule has 0 bridgehead atoms. The summed E-state index contributed by atoms with van der Waals surface area (Å²) >= 11 is 5.82. The van der Waals surface area contributed by atoms with E-state index in [1.165, 1.54) is 6.07 Å². The van der Waals surface area contributed by atoms with Crippen LogP contribution in [0.1, 0.15) is 25.3 Å². The van der Waals surface area contributed by atoms with Crippen LogP contribution in [0.15, 0.2) is 18.2 Å². The predicted molar refractivity (Wildman–Crippen MR) is 68.8 cm³/mol. The van der Waals surface area contributed by atoms with Gasteiger partial charge in [0.15, 0.2) is 0 Å². The molecule has 0 amide bonds. The van der Waals surface area contributed by atoms with Gasteiger partial charge in [0, 0.05) is 18.2 Å². The summed E-state index contributed by atoms with van der Waals surface area (Å²) in [5, 5.41) is 0.541. The van der Waals surface area contributed by atoms with Gasteiger partial charge in [-0.3, -0.25) is 0 Å². The molecule has 1 aromatic rings. The van der Waals surface area contributed by atoms with Crippen LogP contribution in [0.25, 0.3) is 0 Å². The molecule has 2 N–H and O–H groups in total. The number of methoxy groups -OCH3 is 1. The normalized spacial score (nSPS) is 14.6. The molecule has 2 unspecified atom stereocenters. The Labute approximate surface area is 107 Å². The maximum Gasteiger partial charge on any atom is 0.126 e. The SMILES string of the molecule is COC(C)CCC(N)Cc1cc(Cl)ccc1F. The molecule has 0 saturated heterocycles. The molecule has 1 aromatic carbocycles. The van der Waals surface area contributed by atoms with E-state index in [2.05, 4.69) is 0 Å². The van der Waals surface area contributed by atoms with Crippen molar-refractivity contribution in [1.82, 2.24) is 0 Å². The van der Waals surface area contributed by atoms with Crippen LogP contribution in [0.5, 0.6) is 0 Å². The van der Waals surface area contributed by atoms with Gasteiger partial charge in [-0.1, -0.05) is 11.6 Å². The van der Waals surface area contributed by atoms with Gasteiger partial charge in [0.1, 0.15) is 5.82 Å². The first-order chi connectivity index (χ1) is 8.02. The Morgan fingerprint density at radius 2 is 2.12 bits per heavy atom. The van der Waals surface area contributed by atoms with Crippen molar-refractivity contribution in [1.29, 1.82) is 0 Å². The fraction of sp³-hybridized carbons (Fsp3) is 0.538. The van der Waals surface area contributed by atoms with Gasteiger partial charge in [-0.15, -0.1) is 0 Å². The largest absolute Gasteiger partial charge is 0.382 e. The lowest BCUT2D eigenvalue weighted by Gasteiger charge is -2.15. The number of benzene rings is 1. The zero-order valence-corrected chi connectivity index (χ0v) is 11.0. The number of ether oxygens (including phenoxy) is 1. The molecule has 0 heterocycles. The fourth-order valence-corrected chi connectivity index (χ4v) is 1.85. The lowest BCUT2D eigenvalue weighted by atomic mass is 10.0. The second-order valence-corrected chi connectivity index (χ2v) is 4.76. The van der Waals surface area contributed by atoms with Crippen molar-refractivity contribution >= 4 is 11.6 Å². The Morgan fingerprint density at radius 3 is 2.76 bits per heavy atom. The molecule has 0 fully saturated rings. The van der Waals surface area contributed by atoms with E-state index in [4.69, 9.17) is 22.1 Å². The van der Waals surface area contributed by atoms with Crippen molar-refractivity contribution in [3.8, 4) is 0 Å². The van der Waals surface area contributed by atoms with Gasteiger partial charge in [-0.05, 0) is 49.9 Å². The summed E-state index contributed by atoms with van der Waals surface area (Å²) < 4.78 is 18.6. The minimum absolute atomic E-state index is 0.0689. The molecule has 0 aliphatic rings. The molecule has 0 aliphatic heterocycles. The summed E-state index contributed by atoms with van der Waals surface area (Å²) in [7, 11) is 1.67. The third kappa shape index (κ3) is 5.02. The average molecular weight is 260 g/mol. The molecule has 0 saturated carbocycles. The monoisotopic (exact) mass is 259 g/mol. The summed E-state index contributed by atoms with van der Waals surface area (Å²) in [6.45, 7) is 1.99. The Kier molecular flexibility index (Phi) is 5.89. The quantitative estimate of drug-likeness (QED) is 0.852. The third-order valence-corrected chi connectivity index (χ3v) is 3.07. The van der Waals surface area contributed by atoms with Crippen LogP contribution >= 0.6 is 11.6 Å². The summed E-state index contributed by atoms with van der Waals surface area (Å²) in [4.78, 5) is 0. The Bertz CT molecular complexity index is 359. The minimum atomic E-state index is -0.246. The lowest BCUT2D eigenvalue weighted by molar-refractivity contribution is 0.107. The van der Waals surface area contributed by atoms with Gasteiger partial charge in [0.25, 0.3) is 0 Å². The van der Waals surface area contributed by atoms with Crippen LogP contribution in [0, 0.1) is 5.82 Å². The number of hydrogen-bond acceptors (Lipinski definition) is 2. The van der Waals surface area contributed by atoms with Crippen molar-refractivity contribution in [3.05, 3.63) is 34.6 Å². The van der Waals surface area contributed by atoms with Gasteiger partial charge < -0.3 is 10.5 Å². The summed E-state index contributed by atoms with van der Waals surface area (Å²) in [6, 6.07) is 4.48. The van der Waals surface area contributed by atoms with Crippen molar-refractivity contribution < 1.29 is 9.13 Å². The first-order valence-corrected chi connectivity index (χ1v) is 6.13. The molecule has 96 valence electrons. The number of halogens is 2. The minimum Gasteiger partial charge on any atom is -0.382 e. The van der Waals surface area contributed by atoms with Crippen LogP contribution in [-0.2, 0) is 11.2 Å². The average Bonchev–Trinajstić information content (AvgIpc) is 2.30. The van der Waals surface area contributed by atoms with Crippen molar-refractivity contribution in [3.63, 3.8) is 0 Å². The second-order valence-electron chi connectivity index (χ2n) is 4.32. The summed E-state index contributed by atoms with van der Waals surface area (Å²) in [6.07, 6.45) is 2.37. The fourth-order valence-electron chi connectivity index (χ4n) is 1.65. The van der Waals surface area contributed by atoms with Crippen LogP contribution in [-0.4, -0.2) is 19.3 Å². The van der Waals surface area contributed by atoms with Crippen molar-refractivity contribution in [2.75, 3.05) is 7.11 Å². The molecular formula is C13H19ClFNO. The van der Waals surface area contributed by atoms with E-state index in [9.17, 15) is 4.39 Å². The number of rotatable bonds is 6. The van der Waals surface area contributed by atoms with E-state index in [1.807, 2.05) is 6.92 Å². The van der Waals surface area contributed by atoms with Gasteiger partial charge >= 0.3 is 0 Å². The summed E-state index contributed by atoms with van der Waals surface area (Å²) in [5.41, 5.74) is 6.54. The summed E-state index contributed by atoms with van der Waals surface area (Å²) in [5.74, 6) is -0.246. The van der Waals surface area contributed by atoms with Gasteiger partial charge in [0.05, 0.1) is 6.10 Å². The number of nitrogens with two attached hydrogens (primary N) is 1. The van der Waals surface area contributed by atoms with Crippen molar-refractivity contribution in [2.24, 2.45) is 5.73 Å². The first-order valence-electron chi connectivity index (χ1n) is 5.75. The van der Waals surface area contributed by atoms with Crippen molar-refractivity contribution in [2.45, 2.75) is 38.3 Å².